The van der Waals surface area contributed by atoms with Crippen LogP contribution >= 0.6 is 0 Å². The van der Waals surface area contributed by atoms with Gasteiger partial charge in [-0.25, -0.2) is 5.06 Å². The number of hydroxylamine groups is 2. The van der Waals surface area contributed by atoms with Crippen LogP contribution in [-0.2, 0) is 31.9 Å². The van der Waals surface area contributed by atoms with Gasteiger partial charge in [-0.3, -0.25) is 14.4 Å². The zero-order chi connectivity index (χ0) is 20.7. The first-order chi connectivity index (χ1) is 13.2. The molecule has 0 radical (unpaired) electrons. The summed E-state index contributed by atoms with van der Waals surface area (Å²) in [5.74, 6) is -2.77. The third-order valence-electron chi connectivity index (χ3n) is 3.34. The summed E-state index contributed by atoms with van der Waals surface area (Å²) in [5.41, 5.74) is 0.950. The highest BCUT2D eigenvalue weighted by atomic mass is 19.4. The van der Waals surface area contributed by atoms with E-state index in [0.717, 1.165) is 5.06 Å². The number of carbonyl (C=O) groups excluding carboxylic acids is 2. The zero-order valence-corrected chi connectivity index (χ0v) is 15.2. The molecule has 2 rings (SSSR count). The van der Waals surface area contributed by atoms with E-state index in [9.17, 15) is 22.8 Å². The van der Waals surface area contributed by atoms with E-state index in [1.807, 2.05) is 6.92 Å². The van der Waals surface area contributed by atoms with E-state index in [4.69, 9.17) is 4.84 Å². The molecule has 0 aliphatic heterocycles. The Morgan fingerprint density at radius 1 is 1.21 bits per heavy atom. The number of nitrogens with zero attached hydrogens (tertiary/aromatic N) is 3. The van der Waals surface area contributed by atoms with Crippen molar-refractivity contribution >= 4 is 11.9 Å². The van der Waals surface area contributed by atoms with Gasteiger partial charge < -0.3 is 9.26 Å². The molecule has 0 fully saturated rings. The van der Waals surface area contributed by atoms with Gasteiger partial charge in [-0.15, -0.1) is 0 Å². The van der Waals surface area contributed by atoms with E-state index in [-0.39, 0.29) is 19.0 Å². The summed E-state index contributed by atoms with van der Waals surface area (Å²) in [4.78, 5) is 31.7. The minimum Gasteiger partial charge on any atom is -0.456 e. The maximum Gasteiger partial charge on any atom is 0.471 e. The molecule has 0 atom stereocenters. The number of hydrogen-bond acceptors (Lipinski definition) is 7. The molecule has 0 bridgehead atoms. The second kappa shape index (κ2) is 9.31. The molecule has 8 nitrogen and oxygen atoms in total. The number of aromatic nitrogens is 2. The monoisotopic (exact) mass is 401 g/mol. The third kappa shape index (κ3) is 6.05. The molecule has 0 saturated heterocycles. The first-order valence-electron chi connectivity index (χ1n) is 8.27. The van der Waals surface area contributed by atoms with Gasteiger partial charge >= 0.3 is 18.0 Å². The minimum atomic E-state index is -4.72. The lowest BCUT2D eigenvalue weighted by Crippen LogP contribution is -2.34. The lowest BCUT2D eigenvalue weighted by Gasteiger charge is -2.21. The van der Waals surface area contributed by atoms with E-state index < -0.39 is 30.6 Å². The van der Waals surface area contributed by atoms with E-state index in [0.29, 0.717) is 17.5 Å². The molecule has 1 aromatic carbocycles. The maximum atomic E-state index is 12.5. The second-order valence-corrected chi connectivity index (χ2v) is 5.66. The van der Waals surface area contributed by atoms with E-state index in [1.165, 1.54) is 19.1 Å². The highest BCUT2D eigenvalue weighted by Gasteiger charge is 2.38. The van der Waals surface area contributed by atoms with Crippen molar-refractivity contribution in [3.8, 4) is 11.4 Å². The van der Waals surface area contributed by atoms with Crippen molar-refractivity contribution in [3.63, 3.8) is 0 Å². The van der Waals surface area contributed by atoms with Crippen LogP contribution in [0.2, 0.25) is 0 Å². The van der Waals surface area contributed by atoms with Gasteiger partial charge in [0.05, 0.1) is 13.2 Å². The predicted molar refractivity (Wildman–Crippen MR) is 88.2 cm³/mol. The molecule has 0 saturated carbocycles. The molecule has 1 amide bonds. The van der Waals surface area contributed by atoms with Crippen LogP contribution in [-0.4, -0.2) is 40.3 Å². The summed E-state index contributed by atoms with van der Waals surface area (Å²) >= 11 is 0. The Bertz CT molecular complexity index is 805. The summed E-state index contributed by atoms with van der Waals surface area (Å²) < 4.78 is 46.5. The minimum absolute atomic E-state index is 0.0560. The number of rotatable bonds is 8. The largest absolute Gasteiger partial charge is 0.471 e. The first kappa shape index (κ1) is 21.4. The highest BCUT2D eigenvalue weighted by Crippen LogP contribution is 2.29. The van der Waals surface area contributed by atoms with Crippen LogP contribution in [0.25, 0.3) is 11.4 Å². The molecule has 152 valence electrons. The molecule has 11 heteroatoms. The normalized spacial score (nSPS) is 11.3. The number of esters is 1. The van der Waals surface area contributed by atoms with Gasteiger partial charge in [-0.2, -0.15) is 18.2 Å². The van der Waals surface area contributed by atoms with Gasteiger partial charge in [-0.1, -0.05) is 36.3 Å². The number of hydrogen-bond donors (Lipinski definition) is 0. The smallest absolute Gasteiger partial charge is 0.456 e. The van der Waals surface area contributed by atoms with Gasteiger partial charge in [0.1, 0.15) is 0 Å². The lowest BCUT2D eigenvalue weighted by atomic mass is 10.1. The molecule has 28 heavy (non-hydrogen) atoms. The number of carbonyl (C=O) groups is 2. The first-order valence-corrected chi connectivity index (χ1v) is 8.27. The summed E-state index contributed by atoms with van der Waals surface area (Å²) in [5, 5.41) is 4.38. The number of benzene rings is 1. The fourth-order valence-electron chi connectivity index (χ4n) is 2.02. The lowest BCUT2D eigenvalue weighted by molar-refractivity contribution is -0.195. The molecule has 0 aliphatic carbocycles. The Kier molecular flexibility index (Phi) is 7.10. The van der Waals surface area contributed by atoms with Crippen LogP contribution in [0.1, 0.15) is 31.7 Å². The van der Waals surface area contributed by atoms with E-state index in [1.54, 1.807) is 12.1 Å². The van der Waals surface area contributed by atoms with Crippen molar-refractivity contribution in [3.05, 3.63) is 35.7 Å². The van der Waals surface area contributed by atoms with Gasteiger partial charge in [0.25, 0.3) is 5.91 Å². The number of alkyl halides is 3. The average Bonchev–Trinajstić information content (AvgIpc) is 3.14. The van der Waals surface area contributed by atoms with Crippen molar-refractivity contribution in [2.75, 3.05) is 13.2 Å². The fourth-order valence-corrected chi connectivity index (χ4v) is 2.02. The van der Waals surface area contributed by atoms with E-state index in [2.05, 4.69) is 19.4 Å². The SMILES string of the molecule is CCCON(Cc1ccc(-c2noc(C(F)(F)F)n2)cc1)C(=O)COC(C)=O. The van der Waals surface area contributed by atoms with Gasteiger partial charge in [0, 0.05) is 12.5 Å². The maximum absolute atomic E-state index is 12.5. The topological polar surface area (TPSA) is 94.8 Å². The van der Waals surface area contributed by atoms with Gasteiger partial charge in [0.15, 0.2) is 6.61 Å². The van der Waals surface area contributed by atoms with Crippen LogP contribution in [0.3, 0.4) is 0 Å². The van der Waals surface area contributed by atoms with Crippen LogP contribution in [0.15, 0.2) is 28.8 Å². The van der Waals surface area contributed by atoms with Crippen LogP contribution in [0.5, 0.6) is 0 Å². The third-order valence-corrected chi connectivity index (χ3v) is 3.34. The molecule has 1 heterocycles. The molecule has 0 spiro atoms. The molecule has 2 aromatic rings. The molecule has 0 unspecified atom stereocenters. The van der Waals surface area contributed by atoms with Crippen LogP contribution in [0, 0.1) is 0 Å². The van der Waals surface area contributed by atoms with Crippen molar-refractivity contribution < 1.29 is 36.9 Å². The Hall–Kier alpha value is -2.95. The highest BCUT2D eigenvalue weighted by molar-refractivity contribution is 5.79. The van der Waals surface area contributed by atoms with Gasteiger partial charge in [-0.05, 0) is 12.0 Å². The predicted octanol–water partition coefficient (Wildman–Crippen LogP) is 2.99. The number of ether oxygens (including phenoxy) is 1. The zero-order valence-electron chi connectivity index (χ0n) is 15.2. The molecular weight excluding hydrogens is 383 g/mol. The number of amides is 1. The van der Waals surface area contributed by atoms with Gasteiger partial charge in [0.2, 0.25) is 5.82 Å². The molecule has 1 aromatic heterocycles. The van der Waals surface area contributed by atoms with Crippen molar-refractivity contribution in [1.82, 2.24) is 15.2 Å². The molecule has 0 N–H and O–H groups in total. The Morgan fingerprint density at radius 2 is 1.89 bits per heavy atom. The Morgan fingerprint density at radius 3 is 2.43 bits per heavy atom. The van der Waals surface area contributed by atoms with E-state index >= 15 is 0 Å². The number of halogens is 3. The quantitative estimate of drug-likeness (QED) is 0.496. The van der Waals surface area contributed by atoms with Crippen molar-refractivity contribution in [2.24, 2.45) is 0 Å². The summed E-state index contributed by atoms with van der Waals surface area (Å²) in [7, 11) is 0. The summed E-state index contributed by atoms with van der Waals surface area (Å²) in [6, 6.07) is 6.16. The average molecular weight is 401 g/mol. The van der Waals surface area contributed by atoms with Crippen molar-refractivity contribution in [2.45, 2.75) is 33.0 Å². The second-order valence-electron chi connectivity index (χ2n) is 5.66. The molecular formula is C17H18F3N3O5. The standard InChI is InChI=1S/C17H18F3N3O5/c1-3-8-27-23(14(25)10-26-11(2)24)9-12-4-6-13(7-5-12)15-21-16(28-22-15)17(18,19)20/h4-7H,3,8-10H2,1-2H3. The van der Waals surface area contributed by atoms with Crippen molar-refractivity contribution in [1.29, 1.82) is 0 Å². The summed E-state index contributed by atoms with van der Waals surface area (Å²) in [6.07, 6.45) is -4.06. The Labute approximate surface area is 158 Å². The Balaban J connectivity index is 2.08. The van der Waals surface area contributed by atoms with Crippen LogP contribution in [0.4, 0.5) is 13.2 Å². The molecule has 0 aliphatic rings. The fraction of sp³-hybridized carbons (Fsp3) is 0.412. The van der Waals surface area contributed by atoms with Crippen LogP contribution < -0.4 is 0 Å². The summed E-state index contributed by atoms with van der Waals surface area (Å²) in [6.45, 7) is 2.93.